The number of aromatic amines is 1. The van der Waals surface area contributed by atoms with Gasteiger partial charge in [-0.2, -0.15) is 0 Å². The summed E-state index contributed by atoms with van der Waals surface area (Å²) in [6, 6.07) is 5.39. The number of carbonyl (C=O) groups excluding carboxylic acids is 3. The normalized spacial score (nSPS) is 11.8. The Balaban J connectivity index is 2.21. The van der Waals surface area contributed by atoms with Crippen LogP contribution in [0.4, 0.5) is 0 Å². The van der Waals surface area contributed by atoms with E-state index in [-0.39, 0.29) is 12.3 Å². The zero-order chi connectivity index (χ0) is 20.3. The molecule has 0 aliphatic rings. The van der Waals surface area contributed by atoms with Crippen LogP contribution in [0.25, 0.3) is 0 Å². The van der Waals surface area contributed by atoms with E-state index in [1.165, 1.54) is 6.92 Å². The van der Waals surface area contributed by atoms with Gasteiger partial charge in [-0.1, -0.05) is 17.7 Å². The number of rotatable bonds is 6. The molecule has 0 radical (unpaired) electrons. The summed E-state index contributed by atoms with van der Waals surface area (Å²) in [4.78, 5) is 40.2. The van der Waals surface area contributed by atoms with Crippen molar-refractivity contribution in [1.82, 2.24) is 4.98 Å². The Hall–Kier alpha value is -2.89. The number of carbonyl (C=O) groups is 3. The molecule has 0 amide bonds. The lowest BCUT2D eigenvalue weighted by atomic mass is 10.0. The lowest BCUT2D eigenvalue weighted by Crippen LogP contribution is -2.25. The van der Waals surface area contributed by atoms with Crippen molar-refractivity contribution in [2.75, 3.05) is 6.61 Å². The maximum atomic E-state index is 12.8. The highest BCUT2D eigenvalue weighted by Gasteiger charge is 2.28. The summed E-state index contributed by atoms with van der Waals surface area (Å²) in [5.41, 5.74) is 3.87. The smallest absolute Gasteiger partial charge is 0.340 e. The van der Waals surface area contributed by atoms with Crippen molar-refractivity contribution in [3.05, 3.63) is 57.4 Å². The molecule has 144 valence electrons. The van der Waals surface area contributed by atoms with Crippen molar-refractivity contribution in [1.29, 1.82) is 0 Å². The predicted molar refractivity (Wildman–Crippen MR) is 101 cm³/mol. The molecule has 0 unspecified atom stereocenters. The van der Waals surface area contributed by atoms with Gasteiger partial charge in [-0.15, -0.1) is 0 Å². The molecule has 0 fully saturated rings. The van der Waals surface area contributed by atoms with E-state index < -0.39 is 23.8 Å². The van der Waals surface area contributed by atoms with Crippen LogP contribution >= 0.6 is 0 Å². The summed E-state index contributed by atoms with van der Waals surface area (Å²) in [5, 5.41) is 0. The fourth-order valence-corrected chi connectivity index (χ4v) is 3.03. The van der Waals surface area contributed by atoms with Crippen molar-refractivity contribution in [3.63, 3.8) is 0 Å². The third kappa shape index (κ3) is 4.27. The highest BCUT2D eigenvalue weighted by atomic mass is 16.5. The summed E-state index contributed by atoms with van der Waals surface area (Å²) in [5.74, 6) is -1.44. The number of aromatic nitrogens is 1. The lowest BCUT2D eigenvalue weighted by molar-refractivity contribution is 0.0316. The third-order valence-corrected chi connectivity index (χ3v) is 4.42. The standard InChI is InChI=1S/C21H25NO5/c1-7-26-21(25)17-13(4)18(22-14(17)5)19(23)15(6)27-20(24)16-9-8-11(2)10-12(16)3/h8-10,15,22H,7H2,1-6H3/t15-/m0/s1. The first-order valence-electron chi connectivity index (χ1n) is 8.86. The van der Waals surface area contributed by atoms with Gasteiger partial charge in [-0.3, -0.25) is 4.79 Å². The van der Waals surface area contributed by atoms with Crippen molar-refractivity contribution >= 4 is 17.7 Å². The zero-order valence-corrected chi connectivity index (χ0v) is 16.6. The molecule has 0 saturated carbocycles. The first-order chi connectivity index (χ1) is 12.7. The molecular weight excluding hydrogens is 346 g/mol. The Morgan fingerprint density at radius 2 is 1.74 bits per heavy atom. The largest absolute Gasteiger partial charge is 0.462 e. The van der Waals surface area contributed by atoms with Crippen LogP contribution in [0.3, 0.4) is 0 Å². The van der Waals surface area contributed by atoms with E-state index in [4.69, 9.17) is 9.47 Å². The first-order valence-corrected chi connectivity index (χ1v) is 8.86. The van der Waals surface area contributed by atoms with Gasteiger partial charge in [0.15, 0.2) is 6.10 Å². The summed E-state index contributed by atoms with van der Waals surface area (Å²) >= 11 is 0. The second kappa shape index (κ2) is 8.20. The fourth-order valence-electron chi connectivity index (χ4n) is 3.03. The average Bonchev–Trinajstić information content (AvgIpc) is 2.88. The quantitative estimate of drug-likeness (QED) is 0.616. The van der Waals surface area contributed by atoms with Crippen LogP contribution in [-0.2, 0) is 9.47 Å². The molecule has 0 bridgehead atoms. The Morgan fingerprint density at radius 1 is 1.07 bits per heavy atom. The van der Waals surface area contributed by atoms with Crippen LogP contribution in [-0.4, -0.2) is 35.4 Å². The zero-order valence-electron chi connectivity index (χ0n) is 16.6. The highest BCUT2D eigenvalue weighted by Crippen LogP contribution is 2.21. The molecule has 27 heavy (non-hydrogen) atoms. The number of ether oxygens (including phenoxy) is 2. The number of ketones is 1. The van der Waals surface area contributed by atoms with E-state index in [0.717, 1.165) is 11.1 Å². The van der Waals surface area contributed by atoms with Gasteiger partial charge in [0.05, 0.1) is 23.4 Å². The van der Waals surface area contributed by atoms with Crippen LogP contribution in [0.5, 0.6) is 0 Å². The molecule has 2 aromatic rings. The Bertz CT molecular complexity index is 894. The molecule has 0 aliphatic carbocycles. The Kier molecular flexibility index (Phi) is 6.20. The van der Waals surface area contributed by atoms with Gasteiger partial charge in [0.25, 0.3) is 0 Å². The molecule has 6 heteroatoms. The molecule has 1 heterocycles. The maximum absolute atomic E-state index is 12.8. The first kappa shape index (κ1) is 20.4. The SMILES string of the molecule is CCOC(=O)c1c(C)[nH]c(C(=O)[C@H](C)OC(=O)c2ccc(C)cc2C)c1C. The molecule has 1 atom stereocenters. The topological polar surface area (TPSA) is 85.5 Å². The van der Waals surface area contributed by atoms with Crippen molar-refractivity contribution in [2.24, 2.45) is 0 Å². The fraction of sp³-hybridized carbons (Fsp3) is 0.381. The molecule has 1 aromatic heterocycles. The summed E-state index contributed by atoms with van der Waals surface area (Å²) in [6.07, 6.45) is -0.995. The minimum atomic E-state index is -0.995. The molecule has 1 aromatic carbocycles. The minimum absolute atomic E-state index is 0.246. The highest BCUT2D eigenvalue weighted by molar-refractivity contribution is 6.04. The van der Waals surface area contributed by atoms with Crippen LogP contribution in [0.2, 0.25) is 0 Å². The Morgan fingerprint density at radius 3 is 2.33 bits per heavy atom. The lowest BCUT2D eigenvalue weighted by Gasteiger charge is -2.13. The number of hydrogen-bond donors (Lipinski definition) is 1. The van der Waals surface area contributed by atoms with E-state index >= 15 is 0 Å². The number of H-pyrrole nitrogens is 1. The number of hydrogen-bond acceptors (Lipinski definition) is 5. The monoisotopic (exact) mass is 371 g/mol. The van der Waals surface area contributed by atoms with Crippen LogP contribution in [0.15, 0.2) is 18.2 Å². The van der Waals surface area contributed by atoms with E-state index in [1.807, 2.05) is 26.0 Å². The number of benzene rings is 1. The molecular formula is C21H25NO5. The van der Waals surface area contributed by atoms with Crippen LogP contribution in [0, 0.1) is 27.7 Å². The summed E-state index contributed by atoms with van der Waals surface area (Å²) in [6.45, 7) is 10.6. The van der Waals surface area contributed by atoms with Crippen LogP contribution in [0.1, 0.15) is 67.4 Å². The van der Waals surface area contributed by atoms with Crippen molar-refractivity contribution in [2.45, 2.75) is 47.6 Å². The molecule has 0 saturated heterocycles. The van der Waals surface area contributed by atoms with Crippen molar-refractivity contribution in [3.8, 4) is 0 Å². The number of Topliss-reactive ketones (excluding diaryl/α,β-unsaturated/α-hetero) is 1. The number of nitrogens with one attached hydrogen (secondary N) is 1. The maximum Gasteiger partial charge on any atom is 0.340 e. The van der Waals surface area contributed by atoms with Gasteiger partial charge in [0.2, 0.25) is 5.78 Å². The van der Waals surface area contributed by atoms with E-state index in [9.17, 15) is 14.4 Å². The molecule has 0 aliphatic heterocycles. The van der Waals surface area contributed by atoms with Gasteiger partial charge < -0.3 is 14.5 Å². The predicted octanol–water partition coefficient (Wildman–Crippen LogP) is 3.85. The van der Waals surface area contributed by atoms with E-state index in [2.05, 4.69) is 4.98 Å². The summed E-state index contributed by atoms with van der Waals surface area (Å²) in [7, 11) is 0. The second-order valence-electron chi connectivity index (χ2n) is 6.58. The van der Waals surface area contributed by atoms with Gasteiger partial charge in [0, 0.05) is 5.69 Å². The third-order valence-electron chi connectivity index (χ3n) is 4.42. The molecule has 0 spiro atoms. The van der Waals surface area contributed by atoms with Crippen molar-refractivity contribution < 1.29 is 23.9 Å². The van der Waals surface area contributed by atoms with Crippen LogP contribution < -0.4 is 0 Å². The van der Waals surface area contributed by atoms with Gasteiger partial charge in [-0.25, -0.2) is 9.59 Å². The second-order valence-corrected chi connectivity index (χ2v) is 6.58. The molecule has 2 rings (SSSR count). The van der Waals surface area contributed by atoms with E-state index in [0.29, 0.717) is 22.4 Å². The molecule has 6 nitrogen and oxygen atoms in total. The van der Waals surface area contributed by atoms with Gasteiger partial charge in [-0.05, 0) is 58.7 Å². The number of aryl methyl sites for hydroxylation is 3. The minimum Gasteiger partial charge on any atom is -0.462 e. The summed E-state index contributed by atoms with van der Waals surface area (Å²) < 4.78 is 10.4. The van der Waals surface area contributed by atoms with E-state index in [1.54, 1.807) is 26.8 Å². The van der Waals surface area contributed by atoms with Gasteiger partial charge >= 0.3 is 11.9 Å². The average molecular weight is 371 g/mol. The Labute approximate surface area is 158 Å². The van der Waals surface area contributed by atoms with Gasteiger partial charge in [0.1, 0.15) is 0 Å². The molecule has 1 N–H and O–H groups in total. The number of esters is 2.